The normalized spacial score (nSPS) is 16.0. The molecule has 0 amide bonds. The number of rotatable bonds is 2. The van der Waals surface area contributed by atoms with Crippen LogP contribution in [0, 0.1) is 6.92 Å². The van der Waals surface area contributed by atoms with Crippen LogP contribution in [-0.2, 0) is 9.53 Å². The Labute approximate surface area is 127 Å². The molecule has 0 saturated carbocycles. The molecule has 1 aliphatic heterocycles. The summed E-state index contributed by atoms with van der Waals surface area (Å²) in [4.78, 5) is 16.2. The van der Waals surface area contributed by atoms with Gasteiger partial charge in [0.1, 0.15) is 0 Å². The fourth-order valence-corrected chi connectivity index (χ4v) is 2.15. The Morgan fingerprint density at radius 2 is 1.81 bits per heavy atom. The van der Waals surface area contributed by atoms with Gasteiger partial charge in [-0.05, 0) is 48.4 Å². The van der Waals surface area contributed by atoms with Crippen molar-refractivity contribution < 1.29 is 9.53 Å². The van der Waals surface area contributed by atoms with Gasteiger partial charge >= 0.3 is 5.97 Å². The second-order valence-electron chi connectivity index (χ2n) is 4.70. The molecule has 104 valence electrons. The Balaban J connectivity index is 1.96. The molecule has 2 aromatic rings. The molecular formula is C17H12ClNO2. The van der Waals surface area contributed by atoms with Crippen molar-refractivity contribution in [1.29, 1.82) is 0 Å². The van der Waals surface area contributed by atoms with Gasteiger partial charge in [0, 0.05) is 10.6 Å². The van der Waals surface area contributed by atoms with Crippen LogP contribution in [0.4, 0.5) is 0 Å². The molecule has 0 unspecified atom stereocenters. The summed E-state index contributed by atoms with van der Waals surface area (Å²) < 4.78 is 5.21. The SMILES string of the molecule is Cc1ccccc1/C=C1\N=C(c2ccc(Cl)cc2)OC1=O. The van der Waals surface area contributed by atoms with E-state index in [2.05, 4.69) is 4.99 Å². The van der Waals surface area contributed by atoms with Crippen LogP contribution in [0.15, 0.2) is 59.2 Å². The predicted octanol–water partition coefficient (Wildman–Crippen LogP) is 3.99. The summed E-state index contributed by atoms with van der Waals surface area (Å²) in [5.74, 6) is -0.139. The van der Waals surface area contributed by atoms with Gasteiger partial charge in [-0.2, -0.15) is 0 Å². The van der Waals surface area contributed by atoms with Gasteiger partial charge in [0.2, 0.25) is 5.90 Å². The first-order valence-electron chi connectivity index (χ1n) is 6.47. The van der Waals surface area contributed by atoms with Crippen molar-refractivity contribution in [3.8, 4) is 0 Å². The highest BCUT2D eigenvalue weighted by molar-refractivity contribution is 6.30. The third-order valence-corrected chi connectivity index (χ3v) is 3.44. The minimum absolute atomic E-state index is 0.300. The Bertz CT molecular complexity index is 761. The van der Waals surface area contributed by atoms with E-state index in [1.54, 1.807) is 30.3 Å². The van der Waals surface area contributed by atoms with E-state index < -0.39 is 5.97 Å². The quantitative estimate of drug-likeness (QED) is 0.621. The largest absolute Gasteiger partial charge is 0.402 e. The number of carbonyl (C=O) groups is 1. The summed E-state index contributed by atoms with van der Waals surface area (Å²) in [5, 5.41) is 0.624. The number of aryl methyl sites for hydroxylation is 1. The Kier molecular flexibility index (Phi) is 3.59. The first kappa shape index (κ1) is 13.6. The zero-order valence-electron chi connectivity index (χ0n) is 11.3. The summed E-state index contributed by atoms with van der Waals surface area (Å²) in [6.45, 7) is 1.98. The second kappa shape index (κ2) is 5.54. The third-order valence-electron chi connectivity index (χ3n) is 3.19. The molecule has 0 radical (unpaired) electrons. The van der Waals surface area contributed by atoms with Crippen molar-refractivity contribution in [1.82, 2.24) is 0 Å². The number of nitrogens with zero attached hydrogens (tertiary/aromatic N) is 1. The Morgan fingerprint density at radius 3 is 2.52 bits per heavy atom. The van der Waals surface area contributed by atoms with E-state index in [0.29, 0.717) is 16.6 Å². The molecule has 21 heavy (non-hydrogen) atoms. The minimum Gasteiger partial charge on any atom is -0.402 e. The number of hydrogen-bond acceptors (Lipinski definition) is 3. The number of aliphatic imine (C=N–C) groups is 1. The van der Waals surface area contributed by atoms with Crippen LogP contribution in [0.5, 0.6) is 0 Å². The lowest BCUT2D eigenvalue weighted by Crippen LogP contribution is -2.05. The molecule has 1 aliphatic rings. The average molecular weight is 298 g/mol. The minimum atomic E-state index is -0.441. The molecule has 0 N–H and O–H groups in total. The van der Waals surface area contributed by atoms with Crippen molar-refractivity contribution in [2.75, 3.05) is 0 Å². The molecule has 0 aromatic heterocycles. The molecule has 0 aliphatic carbocycles. The molecule has 0 fully saturated rings. The first-order chi connectivity index (χ1) is 10.1. The summed E-state index contributed by atoms with van der Waals surface area (Å²) in [6, 6.07) is 14.8. The van der Waals surface area contributed by atoms with Crippen LogP contribution in [-0.4, -0.2) is 11.9 Å². The van der Waals surface area contributed by atoms with E-state index in [1.165, 1.54) is 0 Å². The molecule has 0 bridgehead atoms. The van der Waals surface area contributed by atoms with Crippen LogP contribution in [0.25, 0.3) is 6.08 Å². The highest BCUT2D eigenvalue weighted by Gasteiger charge is 2.24. The molecule has 2 aromatic carbocycles. The lowest BCUT2D eigenvalue weighted by molar-refractivity contribution is -0.129. The molecule has 1 heterocycles. The zero-order chi connectivity index (χ0) is 14.8. The molecular weight excluding hydrogens is 286 g/mol. The highest BCUT2D eigenvalue weighted by Crippen LogP contribution is 2.21. The Hall–Kier alpha value is -2.39. The van der Waals surface area contributed by atoms with Gasteiger partial charge in [-0.25, -0.2) is 9.79 Å². The van der Waals surface area contributed by atoms with Gasteiger partial charge in [0.25, 0.3) is 0 Å². The van der Waals surface area contributed by atoms with Gasteiger partial charge in [-0.15, -0.1) is 0 Å². The molecule has 0 saturated heterocycles. The highest BCUT2D eigenvalue weighted by atomic mass is 35.5. The number of halogens is 1. The van der Waals surface area contributed by atoms with Gasteiger partial charge in [0.15, 0.2) is 5.70 Å². The van der Waals surface area contributed by atoms with Crippen molar-refractivity contribution in [3.63, 3.8) is 0 Å². The van der Waals surface area contributed by atoms with Gasteiger partial charge < -0.3 is 4.74 Å². The summed E-state index contributed by atoms with van der Waals surface area (Å²) in [6.07, 6.45) is 1.74. The van der Waals surface area contributed by atoms with E-state index >= 15 is 0 Å². The topological polar surface area (TPSA) is 38.7 Å². The van der Waals surface area contributed by atoms with E-state index in [0.717, 1.165) is 16.7 Å². The number of benzene rings is 2. The number of carbonyl (C=O) groups excluding carboxylic acids is 1. The van der Waals surface area contributed by atoms with Gasteiger partial charge in [0.05, 0.1) is 0 Å². The molecule has 0 spiro atoms. The standard InChI is InChI=1S/C17H12ClNO2/c1-11-4-2-3-5-13(11)10-15-17(20)21-16(19-15)12-6-8-14(18)9-7-12/h2-10H,1H3/b15-10-. The van der Waals surface area contributed by atoms with Crippen molar-refractivity contribution in [2.45, 2.75) is 6.92 Å². The summed E-state index contributed by atoms with van der Waals surface area (Å²) in [7, 11) is 0. The smallest absolute Gasteiger partial charge is 0.363 e. The van der Waals surface area contributed by atoms with Gasteiger partial charge in [-0.3, -0.25) is 0 Å². The van der Waals surface area contributed by atoms with Crippen molar-refractivity contribution >= 4 is 29.5 Å². The second-order valence-corrected chi connectivity index (χ2v) is 5.14. The molecule has 4 heteroatoms. The van der Waals surface area contributed by atoms with Crippen LogP contribution in [0.2, 0.25) is 5.02 Å². The predicted molar refractivity (Wildman–Crippen MR) is 83.2 cm³/mol. The van der Waals surface area contributed by atoms with E-state index in [9.17, 15) is 4.79 Å². The monoisotopic (exact) mass is 297 g/mol. The van der Waals surface area contributed by atoms with E-state index in [-0.39, 0.29) is 0 Å². The number of esters is 1. The number of hydrogen-bond donors (Lipinski definition) is 0. The van der Waals surface area contributed by atoms with E-state index in [1.807, 2.05) is 31.2 Å². The summed E-state index contributed by atoms with van der Waals surface area (Å²) in [5.41, 5.74) is 3.05. The maximum atomic E-state index is 11.9. The fraction of sp³-hybridized carbons (Fsp3) is 0.0588. The zero-order valence-corrected chi connectivity index (χ0v) is 12.1. The van der Waals surface area contributed by atoms with Crippen molar-refractivity contribution in [3.05, 3.63) is 75.9 Å². The molecule has 3 nitrogen and oxygen atoms in total. The van der Waals surface area contributed by atoms with E-state index in [4.69, 9.17) is 16.3 Å². The van der Waals surface area contributed by atoms with Crippen LogP contribution < -0.4 is 0 Å². The molecule has 3 rings (SSSR count). The van der Waals surface area contributed by atoms with Crippen molar-refractivity contribution in [2.24, 2.45) is 4.99 Å². The summed E-state index contributed by atoms with van der Waals surface area (Å²) >= 11 is 5.84. The third kappa shape index (κ3) is 2.88. The Morgan fingerprint density at radius 1 is 1.10 bits per heavy atom. The lowest BCUT2D eigenvalue weighted by atomic mass is 10.1. The van der Waals surface area contributed by atoms with Crippen LogP contribution in [0.3, 0.4) is 0 Å². The van der Waals surface area contributed by atoms with Crippen LogP contribution in [0.1, 0.15) is 16.7 Å². The number of ether oxygens (including phenoxy) is 1. The molecule has 0 atom stereocenters. The maximum Gasteiger partial charge on any atom is 0.363 e. The first-order valence-corrected chi connectivity index (χ1v) is 6.85. The lowest BCUT2D eigenvalue weighted by Gasteiger charge is -1.98. The fourth-order valence-electron chi connectivity index (χ4n) is 2.02. The van der Waals surface area contributed by atoms with Gasteiger partial charge in [-0.1, -0.05) is 35.9 Å². The average Bonchev–Trinajstić information content (AvgIpc) is 2.83. The maximum absolute atomic E-state index is 11.9. The van der Waals surface area contributed by atoms with Crippen LogP contribution >= 0.6 is 11.6 Å². The number of cyclic esters (lactones) is 1.